The van der Waals surface area contributed by atoms with Crippen molar-refractivity contribution in [3.05, 3.63) is 25.5 Å². The molecule has 21 heavy (non-hydrogen) atoms. The van der Waals surface area contributed by atoms with Crippen molar-refractivity contribution < 1.29 is 4.74 Å². The van der Waals surface area contributed by atoms with Crippen LogP contribution in [0.1, 0.15) is 96.8 Å². The van der Waals surface area contributed by atoms with E-state index in [1.807, 2.05) is 6.08 Å². The van der Waals surface area contributed by atoms with Crippen LogP contribution in [0.15, 0.2) is 25.5 Å². The number of ether oxygens (including phenoxy) is 1. The van der Waals surface area contributed by atoms with E-state index in [1.165, 1.54) is 89.7 Å². The third-order valence-corrected chi connectivity index (χ3v) is 4.13. The maximum atomic E-state index is 5.34. The Bertz CT molecular complexity index is 222. The van der Waals surface area contributed by atoms with Gasteiger partial charge >= 0.3 is 0 Å². The van der Waals surface area contributed by atoms with Crippen LogP contribution in [0.2, 0.25) is 0 Å². The maximum Gasteiger partial charge on any atom is 0.116 e. The van der Waals surface area contributed by atoms with E-state index >= 15 is 0 Å². The molecule has 0 aliphatic heterocycles. The van der Waals surface area contributed by atoms with Crippen LogP contribution in [0.5, 0.6) is 0 Å². The molecule has 0 radical (unpaired) electrons. The normalized spacial score (nSPS) is 12.0. The molecule has 0 aromatic heterocycles. The minimum atomic E-state index is 0.162. The van der Waals surface area contributed by atoms with Crippen molar-refractivity contribution in [3.8, 4) is 0 Å². The highest BCUT2D eigenvalue weighted by atomic mass is 16.5. The molecule has 0 aromatic rings. The Kier molecular flexibility index (Phi) is 16.7. The first-order chi connectivity index (χ1) is 10.3. The summed E-state index contributed by atoms with van der Waals surface area (Å²) in [5.41, 5.74) is 0. The standard InChI is InChI=1S/C20H38O/c1-4-7-8-9-10-11-12-13-14-15-16-17-18-19-20(5-2)21-6-3/h5-6,20H,2-4,7-19H2,1H3. The molecule has 0 bridgehead atoms. The van der Waals surface area contributed by atoms with Gasteiger partial charge in [-0.1, -0.05) is 103 Å². The molecule has 0 aromatic carbocycles. The van der Waals surface area contributed by atoms with E-state index in [2.05, 4.69) is 20.1 Å². The Morgan fingerprint density at radius 1 is 0.714 bits per heavy atom. The first-order valence-electron chi connectivity index (χ1n) is 9.24. The Morgan fingerprint density at radius 3 is 1.52 bits per heavy atom. The topological polar surface area (TPSA) is 9.23 Å². The van der Waals surface area contributed by atoms with Gasteiger partial charge in [0, 0.05) is 0 Å². The van der Waals surface area contributed by atoms with Crippen LogP contribution in [0.3, 0.4) is 0 Å². The van der Waals surface area contributed by atoms with E-state index in [4.69, 9.17) is 4.74 Å². The minimum Gasteiger partial charge on any atom is -0.495 e. The Morgan fingerprint density at radius 2 is 1.14 bits per heavy atom. The largest absolute Gasteiger partial charge is 0.495 e. The van der Waals surface area contributed by atoms with Crippen molar-refractivity contribution in [1.29, 1.82) is 0 Å². The average molecular weight is 295 g/mol. The Labute approximate surface area is 133 Å². The van der Waals surface area contributed by atoms with Crippen molar-refractivity contribution in [2.75, 3.05) is 0 Å². The molecule has 1 unspecified atom stereocenters. The van der Waals surface area contributed by atoms with Gasteiger partial charge < -0.3 is 4.74 Å². The first-order valence-corrected chi connectivity index (χ1v) is 9.24. The van der Waals surface area contributed by atoms with Crippen molar-refractivity contribution in [2.24, 2.45) is 0 Å². The van der Waals surface area contributed by atoms with Crippen LogP contribution in [0.4, 0.5) is 0 Å². The fourth-order valence-electron chi connectivity index (χ4n) is 2.73. The maximum absolute atomic E-state index is 5.34. The molecule has 0 N–H and O–H groups in total. The summed E-state index contributed by atoms with van der Waals surface area (Å²) in [5.74, 6) is 0. The molecular formula is C20H38O. The van der Waals surface area contributed by atoms with Crippen molar-refractivity contribution in [1.82, 2.24) is 0 Å². The second kappa shape index (κ2) is 17.3. The van der Waals surface area contributed by atoms with E-state index < -0.39 is 0 Å². The molecule has 0 aliphatic rings. The fraction of sp³-hybridized carbons (Fsp3) is 0.800. The number of hydrogen-bond donors (Lipinski definition) is 0. The van der Waals surface area contributed by atoms with Gasteiger partial charge in [-0.2, -0.15) is 0 Å². The fourth-order valence-corrected chi connectivity index (χ4v) is 2.73. The lowest BCUT2D eigenvalue weighted by atomic mass is 10.0. The second-order valence-corrected chi connectivity index (χ2v) is 6.11. The summed E-state index contributed by atoms with van der Waals surface area (Å²) in [5, 5.41) is 0. The summed E-state index contributed by atoms with van der Waals surface area (Å²) in [7, 11) is 0. The van der Waals surface area contributed by atoms with Crippen LogP contribution in [-0.4, -0.2) is 6.10 Å². The van der Waals surface area contributed by atoms with E-state index in [9.17, 15) is 0 Å². The van der Waals surface area contributed by atoms with Gasteiger partial charge in [0.1, 0.15) is 6.10 Å². The highest BCUT2D eigenvalue weighted by molar-refractivity contribution is 4.81. The molecule has 0 aliphatic carbocycles. The van der Waals surface area contributed by atoms with E-state index in [0.29, 0.717) is 0 Å². The van der Waals surface area contributed by atoms with E-state index in [-0.39, 0.29) is 6.10 Å². The third-order valence-electron chi connectivity index (χ3n) is 4.13. The zero-order valence-electron chi connectivity index (χ0n) is 14.5. The number of hydrogen-bond acceptors (Lipinski definition) is 1. The molecule has 124 valence electrons. The summed E-state index contributed by atoms with van der Waals surface area (Å²) in [6.07, 6.45) is 22.8. The molecule has 0 fully saturated rings. The van der Waals surface area contributed by atoms with Gasteiger partial charge in [-0.05, 0) is 12.8 Å². The molecule has 0 spiro atoms. The smallest absolute Gasteiger partial charge is 0.116 e. The lowest BCUT2D eigenvalue weighted by Gasteiger charge is -2.11. The van der Waals surface area contributed by atoms with Crippen LogP contribution in [-0.2, 0) is 4.74 Å². The van der Waals surface area contributed by atoms with Crippen LogP contribution in [0, 0.1) is 0 Å². The zero-order valence-corrected chi connectivity index (χ0v) is 14.5. The summed E-state index contributed by atoms with van der Waals surface area (Å²) >= 11 is 0. The van der Waals surface area contributed by atoms with Gasteiger partial charge in [0.2, 0.25) is 0 Å². The van der Waals surface area contributed by atoms with E-state index in [1.54, 1.807) is 0 Å². The molecule has 1 heteroatoms. The quantitative estimate of drug-likeness (QED) is 0.157. The number of unbranched alkanes of at least 4 members (excludes halogenated alkanes) is 12. The molecule has 0 saturated heterocycles. The molecule has 1 nitrogen and oxygen atoms in total. The summed E-state index contributed by atoms with van der Waals surface area (Å²) in [4.78, 5) is 0. The van der Waals surface area contributed by atoms with Gasteiger partial charge in [-0.3, -0.25) is 0 Å². The molecular weight excluding hydrogens is 256 g/mol. The lowest BCUT2D eigenvalue weighted by Crippen LogP contribution is -2.04. The minimum absolute atomic E-state index is 0.162. The van der Waals surface area contributed by atoms with Gasteiger partial charge in [0.15, 0.2) is 0 Å². The van der Waals surface area contributed by atoms with Crippen molar-refractivity contribution in [2.45, 2.75) is 103 Å². The highest BCUT2D eigenvalue weighted by Crippen LogP contribution is 2.14. The molecule has 0 heterocycles. The SMILES string of the molecule is C=COC(C=C)CCCCCCCCCCCCCCC. The molecule has 1 atom stereocenters. The van der Waals surface area contributed by atoms with Crippen molar-refractivity contribution >= 4 is 0 Å². The lowest BCUT2D eigenvalue weighted by molar-refractivity contribution is 0.175. The highest BCUT2D eigenvalue weighted by Gasteiger charge is 2.01. The van der Waals surface area contributed by atoms with Crippen LogP contribution >= 0.6 is 0 Å². The average Bonchev–Trinajstić information content (AvgIpc) is 2.50. The van der Waals surface area contributed by atoms with E-state index in [0.717, 1.165) is 6.42 Å². The second-order valence-electron chi connectivity index (χ2n) is 6.11. The van der Waals surface area contributed by atoms with Crippen molar-refractivity contribution in [3.63, 3.8) is 0 Å². The predicted octanol–water partition coefficient (Wildman–Crippen LogP) is 7.18. The summed E-state index contributed by atoms with van der Waals surface area (Å²) < 4.78 is 5.34. The van der Waals surface area contributed by atoms with Crippen LogP contribution in [0.25, 0.3) is 0 Å². The first kappa shape index (κ1) is 20.3. The Hall–Kier alpha value is -0.720. The number of rotatable bonds is 17. The molecule has 0 saturated carbocycles. The van der Waals surface area contributed by atoms with Gasteiger partial charge in [0.05, 0.1) is 6.26 Å². The zero-order chi connectivity index (χ0) is 15.6. The third kappa shape index (κ3) is 15.5. The summed E-state index contributed by atoms with van der Waals surface area (Å²) in [6.45, 7) is 9.66. The van der Waals surface area contributed by atoms with Gasteiger partial charge in [-0.15, -0.1) is 0 Å². The van der Waals surface area contributed by atoms with Crippen LogP contribution < -0.4 is 0 Å². The molecule has 0 rings (SSSR count). The Balaban J connectivity index is 3.11. The van der Waals surface area contributed by atoms with Gasteiger partial charge in [-0.25, -0.2) is 0 Å². The summed E-state index contributed by atoms with van der Waals surface area (Å²) in [6, 6.07) is 0. The predicted molar refractivity (Wildman–Crippen MR) is 95.6 cm³/mol. The monoisotopic (exact) mass is 294 g/mol. The van der Waals surface area contributed by atoms with Gasteiger partial charge in [0.25, 0.3) is 0 Å². The molecule has 0 amide bonds.